The Morgan fingerprint density at radius 3 is 2.60 bits per heavy atom. The fraction of sp³-hybridized carbons (Fsp3) is 0.353. The van der Waals surface area contributed by atoms with Gasteiger partial charge in [0.25, 0.3) is 5.91 Å². The molecule has 25 heavy (non-hydrogen) atoms. The Hall–Kier alpha value is -2.35. The first-order valence-electron chi connectivity index (χ1n) is 8.22. The lowest BCUT2D eigenvalue weighted by molar-refractivity contribution is 0.0962. The van der Waals surface area contributed by atoms with Crippen molar-refractivity contribution in [2.24, 2.45) is 0 Å². The number of anilines is 2. The largest absolute Gasteiger partial charge is 0.473 e. The van der Waals surface area contributed by atoms with Crippen LogP contribution >= 0.6 is 15.9 Å². The fourth-order valence-electron chi connectivity index (χ4n) is 2.70. The van der Waals surface area contributed by atoms with E-state index in [1.807, 2.05) is 0 Å². The summed E-state index contributed by atoms with van der Waals surface area (Å²) in [6.45, 7) is 0. The number of carbonyl (C=O) groups is 1. The fourth-order valence-corrected chi connectivity index (χ4v) is 2.97. The first-order valence-corrected chi connectivity index (χ1v) is 9.02. The van der Waals surface area contributed by atoms with E-state index in [1.165, 1.54) is 12.7 Å². The van der Waals surface area contributed by atoms with Crippen molar-refractivity contribution in [1.29, 1.82) is 0 Å². The quantitative estimate of drug-likeness (QED) is 0.659. The number of aromatic nitrogens is 2. The third-order valence-electron chi connectivity index (χ3n) is 4.08. The van der Waals surface area contributed by atoms with E-state index < -0.39 is 0 Å². The molecule has 2 aromatic rings. The number of halogens is 1. The first-order chi connectivity index (χ1) is 12.1. The maximum absolute atomic E-state index is 12.1. The minimum atomic E-state index is -0.291. The average molecular weight is 406 g/mol. The molecule has 132 valence electrons. The Bertz CT molecular complexity index is 732. The Labute approximate surface area is 154 Å². The minimum Gasteiger partial charge on any atom is -0.473 e. The second-order valence-electron chi connectivity index (χ2n) is 5.90. The highest BCUT2D eigenvalue weighted by Crippen LogP contribution is 2.28. The second-order valence-corrected chi connectivity index (χ2v) is 6.82. The molecule has 0 radical (unpaired) electrons. The molecule has 3 rings (SSSR count). The van der Waals surface area contributed by atoms with Gasteiger partial charge in [0.15, 0.2) is 5.82 Å². The molecular formula is C17H20BrN5O2. The molecule has 0 unspecified atom stereocenters. The highest BCUT2D eigenvalue weighted by Gasteiger charge is 2.18. The van der Waals surface area contributed by atoms with E-state index in [2.05, 4.69) is 36.7 Å². The summed E-state index contributed by atoms with van der Waals surface area (Å²) in [6.07, 6.45) is 7.07. The SMILES string of the molecule is Nc1c(NNC(=O)c2ccc(Br)cc2)ncnc1OC1CCCCC1. The number of nitrogens with two attached hydrogens (primary N) is 1. The van der Waals surface area contributed by atoms with Crippen LogP contribution in [0, 0.1) is 0 Å². The van der Waals surface area contributed by atoms with Crippen molar-refractivity contribution in [2.75, 3.05) is 11.2 Å². The average Bonchev–Trinajstić information content (AvgIpc) is 2.63. The predicted octanol–water partition coefficient (Wildman–Crippen LogP) is 3.29. The number of rotatable bonds is 5. The molecule has 8 heteroatoms. The Morgan fingerprint density at radius 1 is 1.16 bits per heavy atom. The standard InChI is InChI=1S/C17H20BrN5O2/c18-12-8-6-11(7-9-12)16(24)23-22-15-14(19)17(21-10-20-15)25-13-4-2-1-3-5-13/h6-10,13H,1-5,19H2,(H,23,24)(H,20,21,22). The van der Waals surface area contributed by atoms with Crippen LogP contribution in [0.25, 0.3) is 0 Å². The maximum atomic E-state index is 12.1. The summed E-state index contributed by atoms with van der Waals surface area (Å²) in [7, 11) is 0. The molecule has 1 amide bonds. The van der Waals surface area contributed by atoms with Crippen LogP contribution in [0.15, 0.2) is 35.1 Å². The normalized spacial score (nSPS) is 14.8. The van der Waals surface area contributed by atoms with Gasteiger partial charge in [-0.1, -0.05) is 22.4 Å². The van der Waals surface area contributed by atoms with Gasteiger partial charge < -0.3 is 10.5 Å². The van der Waals surface area contributed by atoms with Crippen molar-refractivity contribution in [1.82, 2.24) is 15.4 Å². The summed E-state index contributed by atoms with van der Waals surface area (Å²) in [5.74, 6) is 0.369. The summed E-state index contributed by atoms with van der Waals surface area (Å²) >= 11 is 3.33. The molecule has 0 saturated heterocycles. The zero-order chi connectivity index (χ0) is 17.6. The van der Waals surface area contributed by atoms with Crippen molar-refractivity contribution in [3.8, 4) is 5.88 Å². The second kappa shape index (κ2) is 8.15. The van der Waals surface area contributed by atoms with Crippen LogP contribution in [0.5, 0.6) is 5.88 Å². The number of nitrogen functional groups attached to an aromatic ring is 1. The lowest BCUT2D eigenvalue weighted by Gasteiger charge is -2.23. The smallest absolute Gasteiger partial charge is 0.269 e. The van der Waals surface area contributed by atoms with Gasteiger partial charge in [-0.2, -0.15) is 4.98 Å². The summed E-state index contributed by atoms with van der Waals surface area (Å²) < 4.78 is 6.80. The van der Waals surface area contributed by atoms with E-state index in [-0.39, 0.29) is 17.7 Å². The number of nitrogens with one attached hydrogen (secondary N) is 2. The van der Waals surface area contributed by atoms with Crippen LogP contribution in [-0.2, 0) is 0 Å². The van der Waals surface area contributed by atoms with Gasteiger partial charge in [-0.05, 0) is 49.9 Å². The zero-order valence-corrected chi connectivity index (χ0v) is 15.3. The number of carbonyl (C=O) groups excluding carboxylic acids is 1. The molecule has 1 aromatic carbocycles. The molecular weight excluding hydrogens is 386 g/mol. The lowest BCUT2D eigenvalue weighted by atomic mass is 9.98. The van der Waals surface area contributed by atoms with Gasteiger partial charge in [-0.15, -0.1) is 0 Å². The molecule has 1 fully saturated rings. The summed E-state index contributed by atoms with van der Waals surface area (Å²) in [6, 6.07) is 7.01. The van der Waals surface area contributed by atoms with E-state index in [1.54, 1.807) is 24.3 Å². The molecule has 7 nitrogen and oxygen atoms in total. The molecule has 1 heterocycles. The first kappa shape index (κ1) is 17.5. The highest BCUT2D eigenvalue weighted by molar-refractivity contribution is 9.10. The summed E-state index contributed by atoms with van der Waals surface area (Å²) in [5, 5.41) is 0. The Balaban J connectivity index is 1.63. The third-order valence-corrected chi connectivity index (χ3v) is 4.61. The van der Waals surface area contributed by atoms with Crippen molar-refractivity contribution in [3.05, 3.63) is 40.6 Å². The molecule has 1 aliphatic carbocycles. The third kappa shape index (κ3) is 4.60. The molecule has 1 saturated carbocycles. The van der Waals surface area contributed by atoms with Gasteiger partial charge in [0.05, 0.1) is 0 Å². The maximum Gasteiger partial charge on any atom is 0.269 e. The van der Waals surface area contributed by atoms with Gasteiger partial charge >= 0.3 is 0 Å². The van der Waals surface area contributed by atoms with Crippen LogP contribution < -0.4 is 21.3 Å². The monoisotopic (exact) mass is 405 g/mol. The molecule has 0 bridgehead atoms. The van der Waals surface area contributed by atoms with E-state index in [0.29, 0.717) is 17.3 Å². The van der Waals surface area contributed by atoms with Gasteiger partial charge in [-0.3, -0.25) is 15.6 Å². The van der Waals surface area contributed by atoms with E-state index in [4.69, 9.17) is 10.5 Å². The van der Waals surface area contributed by atoms with Crippen LogP contribution in [0.1, 0.15) is 42.5 Å². The number of hydrazine groups is 1. The lowest BCUT2D eigenvalue weighted by Crippen LogP contribution is -2.30. The van der Waals surface area contributed by atoms with Gasteiger partial charge in [0.1, 0.15) is 18.1 Å². The van der Waals surface area contributed by atoms with E-state index in [9.17, 15) is 4.79 Å². The number of nitrogens with zero attached hydrogens (tertiary/aromatic N) is 2. The number of hydrogen-bond acceptors (Lipinski definition) is 6. The zero-order valence-electron chi connectivity index (χ0n) is 13.7. The topological polar surface area (TPSA) is 102 Å². The van der Waals surface area contributed by atoms with Crippen LogP contribution in [0.2, 0.25) is 0 Å². The number of amides is 1. The van der Waals surface area contributed by atoms with Gasteiger partial charge in [0, 0.05) is 10.0 Å². The highest BCUT2D eigenvalue weighted by atomic mass is 79.9. The van der Waals surface area contributed by atoms with Crippen molar-refractivity contribution in [3.63, 3.8) is 0 Å². The Morgan fingerprint density at radius 2 is 1.88 bits per heavy atom. The molecule has 1 aliphatic rings. The molecule has 0 atom stereocenters. The summed E-state index contributed by atoms with van der Waals surface area (Å²) in [4.78, 5) is 20.3. The number of ether oxygens (including phenoxy) is 1. The Kier molecular flexibility index (Phi) is 5.70. The van der Waals surface area contributed by atoms with Crippen molar-refractivity contribution < 1.29 is 9.53 Å². The van der Waals surface area contributed by atoms with Crippen molar-refractivity contribution in [2.45, 2.75) is 38.2 Å². The molecule has 0 spiro atoms. The molecule has 4 N–H and O–H groups in total. The number of benzene rings is 1. The van der Waals surface area contributed by atoms with Crippen LogP contribution in [0.4, 0.5) is 11.5 Å². The van der Waals surface area contributed by atoms with E-state index in [0.717, 1.165) is 30.2 Å². The van der Waals surface area contributed by atoms with E-state index >= 15 is 0 Å². The van der Waals surface area contributed by atoms with Gasteiger partial charge in [0.2, 0.25) is 5.88 Å². The van der Waals surface area contributed by atoms with Gasteiger partial charge in [-0.25, -0.2) is 4.98 Å². The summed E-state index contributed by atoms with van der Waals surface area (Å²) in [5.41, 5.74) is 12.2. The minimum absolute atomic E-state index is 0.135. The van der Waals surface area contributed by atoms with Crippen LogP contribution in [-0.4, -0.2) is 22.0 Å². The molecule has 1 aromatic heterocycles. The van der Waals surface area contributed by atoms with Crippen molar-refractivity contribution >= 4 is 33.3 Å². The van der Waals surface area contributed by atoms with Crippen LogP contribution in [0.3, 0.4) is 0 Å². The predicted molar refractivity (Wildman–Crippen MR) is 99.2 cm³/mol. The number of hydrogen-bond donors (Lipinski definition) is 3. The molecule has 0 aliphatic heterocycles.